The molecule has 1 aliphatic rings. The van der Waals surface area contributed by atoms with Gasteiger partial charge >= 0.3 is 0 Å². The van der Waals surface area contributed by atoms with Gasteiger partial charge < -0.3 is 10.1 Å². The highest BCUT2D eigenvalue weighted by Gasteiger charge is 2.16. The molecule has 1 N–H and O–H groups in total. The molecule has 2 rings (SSSR count). The summed E-state index contributed by atoms with van der Waals surface area (Å²) >= 11 is 9.32. The first-order valence-electron chi connectivity index (χ1n) is 4.94. The zero-order valence-corrected chi connectivity index (χ0v) is 10.5. The van der Waals surface area contributed by atoms with E-state index in [0.717, 1.165) is 30.4 Å². The van der Waals surface area contributed by atoms with Gasteiger partial charge in [-0.1, -0.05) is 19.0 Å². The van der Waals surface area contributed by atoms with Crippen LogP contribution in [-0.4, -0.2) is 24.2 Å². The maximum absolute atomic E-state index is 6.02. The number of halogens is 2. The SMILES string of the molecule is C.Clc1cc(Br)cnc1OC1CCNCC1. The van der Waals surface area contributed by atoms with Crippen LogP contribution in [-0.2, 0) is 0 Å². The highest BCUT2D eigenvalue weighted by atomic mass is 79.9. The third-order valence-corrected chi connectivity index (χ3v) is 3.04. The van der Waals surface area contributed by atoms with Gasteiger partial charge in [-0.25, -0.2) is 4.98 Å². The van der Waals surface area contributed by atoms with E-state index in [1.807, 2.05) is 0 Å². The Hall–Kier alpha value is -0.320. The van der Waals surface area contributed by atoms with Gasteiger partial charge in [0.1, 0.15) is 11.1 Å². The van der Waals surface area contributed by atoms with Gasteiger partial charge in [0.2, 0.25) is 5.88 Å². The van der Waals surface area contributed by atoms with Gasteiger partial charge in [-0.05, 0) is 47.9 Å². The molecular weight excluding hydrogens is 291 g/mol. The summed E-state index contributed by atoms with van der Waals surface area (Å²) in [6, 6.07) is 1.80. The second-order valence-corrected chi connectivity index (χ2v) is 4.83. The Morgan fingerprint density at radius 1 is 1.44 bits per heavy atom. The minimum Gasteiger partial charge on any atom is -0.473 e. The quantitative estimate of drug-likeness (QED) is 0.910. The van der Waals surface area contributed by atoms with Crippen molar-refractivity contribution in [2.24, 2.45) is 0 Å². The molecular formula is C11H16BrClN2O. The molecule has 0 atom stereocenters. The number of piperidine rings is 1. The monoisotopic (exact) mass is 306 g/mol. The first-order chi connectivity index (χ1) is 7.25. The fraction of sp³-hybridized carbons (Fsp3) is 0.545. The van der Waals surface area contributed by atoms with Crippen molar-refractivity contribution in [3.8, 4) is 5.88 Å². The normalized spacial score (nSPS) is 16.6. The molecule has 0 amide bonds. The van der Waals surface area contributed by atoms with Gasteiger partial charge in [0.15, 0.2) is 0 Å². The van der Waals surface area contributed by atoms with Crippen LogP contribution in [0.4, 0.5) is 0 Å². The van der Waals surface area contributed by atoms with E-state index in [9.17, 15) is 0 Å². The average Bonchev–Trinajstić information content (AvgIpc) is 2.24. The Balaban J connectivity index is 0.00000128. The van der Waals surface area contributed by atoms with Gasteiger partial charge in [-0.2, -0.15) is 0 Å². The Kier molecular flexibility index (Phi) is 5.52. The van der Waals surface area contributed by atoms with Gasteiger partial charge in [0.05, 0.1) is 0 Å². The summed E-state index contributed by atoms with van der Waals surface area (Å²) in [7, 11) is 0. The van der Waals surface area contributed by atoms with E-state index in [-0.39, 0.29) is 13.5 Å². The lowest BCUT2D eigenvalue weighted by Gasteiger charge is -2.23. The first-order valence-corrected chi connectivity index (χ1v) is 6.11. The third-order valence-electron chi connectivity index (χ3n) is 2.34. The molecule has 1 fully saturated rings. The van der Waals surface area contributed by atoms with Crippen LogP contribution in [0.2, 0.25) is 5.02 Å². The van der Waals surface area contributed by atoms with Crippen molar-refractivity contribution in [1.29, 1.82) is 0 Å². The van der Waals surface area contributed by atoms with Gasteiger partial charge in [-0.3, -0.25) is 0 Å². The number of rotatable bonds is 2. The Morgan fingerprint density at radius 2 is 2.12 bits per heavy atom. The van der Waals surface area contributed by atoms with E-state index >= 15 is 0 Å². The van der Waals surface area contributed by atoms with Crippen molar-refractivity contribution in [3.05, 3.63) is 21.8 Å². The largest absolute Gasteiger partial charge is 0.473 e. The summed E-state index contributed by atoms with van der Waals surface area (Å²) in [4.78, 5) is 4.15. The number of hydrogen-bond donors (Lipinski definition) is 1. The lowest BCUT2D eigenvalue weighted by molar-refractivity contribution is 0.156. The molecule has 0 bridgehead atoms. The lowest BCUT2D eigenvalue weighted by Crippen LogP contribution is -2.34. The second-order valence-electron chi connectivity index (χ2n) is 3.51. The smallest absolute Gasteiger partial charge is 0.232 e. The molecule has 2 heterocycles. The van der Waals surface area contributed by atoms with Crippen LogP contribution in [0.5, 0.6) is 5.88 Å². The predicted molar refractivity (Wildman–Crippen MR) is 70.2 cm³/mol. The van der Waals surface area contributed by atoms with Crippen molar-refractivity contribution >= 4 is 27.5 Å². The first kappa shape index (κ1) is 13.7. The minimum absolute atomic E-state index is 0. The summed E-state index contributed by atoms with van der Waals surface area (Å²) in [5.41, 5.74) is 0. The highest BCUT2D eigenvalue weighted by molar-refractivity contribution is 9.10. The summed E-state index contributed by atoms with van der Waals surface area (Å²) in [5, 5.41) is 3.84. The molecule has 1 saturated heterocycles. The molecule has 0 radical (unpaired) electrons. The van der Waals surface area contributed by atoms with Crippen LogP contribution in [0.3, 0.4) is 0 Å². The van der Waals surface area contributed by atoms with Crippen LogP contribution < -0.4 is 10.1 Å². The topological polar surface area (TPSA) is 34.1 Å². The molecule has 0 unspecified atom stereocenters. The molecule has 0 spiro atoms. The highest BCUT2D eigenvalue weighted by Crippen LogP contribution is 2.26. The van der Waals surface area contributed by atoms with E-state index in [1.165, 1.54) is 0 Å². The number of nitrogens with one attached hydrogen (secondary N) is 1. The Labute approximate surface area is 110 Å². The molecule has 1 aliphatic heterocycles. The standard InChI is InChI=1S/C10H12BrClN2O.CH4/c11-7-5-9(12)10(14-6-7)15-8-1-3-13-4-2-8;/h5-6,8,13H,1-4H2;1H4. The number of aromatic nitrogens is 1. The predicted octanol–water partition coefficient (Wildman–Crippen LogP) is 3.26. The van der Waals surface area contributed by atoms with Gasteiger partial charge in [0, 0.05) is 10.7 Å². The fourth-order valence-corrected chi connectivity index (χ4v) is 2.23. The van der Waals surface area contributed by atoms with Crippen molar-refractivity contribution in [2.45, 2.75) is 26.4 Å². The van der Waals surface area contributed by atoms with Crippen molar-refractivity contribution in [2.75, 3.05) is 13.1 Å². The third kappa shape index (κ3) is 3.61. The number of hydrogen-bond acceptors (Lipinski definition) is 3. The Morgan fingerprint density at radius 3 is 2.75 bits per heavy atom. The van der Waals surface area contributed by atoms with E-state index in [1.54, 1.807) is 12.3 Å². The van der Waals surface area contributed by atoms with Crippen LogP contribution >= 0.6 is 27.5 Å². The van der Waals surface area contributed by atoms with Crippen molar-refractivity contribution in [1.82, 2.24) is 10.3 Å². The average molecular weight is 308 g/mol. The second kappa shape index (κ2) is 6.42. The summed E-state index contributed by atoms with van der Waals surface area (Å²) in [5.74, 6) is 0.534. The summed E-state index contributed by atoms with van der Waals surface area (Å²) in [6.45, 7) is 2.00. The molecule has 0 aliphatic carbocycles. The molecule has 0 saturated carbocycles. The minimum atomic E-state index is 0. The maximum atomic E-state index is 6.02. The van der Waals surface area contributed by atoms with Gasteiger partial charge in [0.25, 0.3) is 0 Å². The van der Waals surface area contributed by atoms with Crippen LogP contribution in [0.25, 0.3) is 0 Å². The van der Waals surface area contributed by atoms with E-state index in [0.29, 0.717) is 10.9 Å². The molecule has 3 nitrogen and oxygen atoms in total. The summed E-state index contributed by atoms with van der Waals surface area (Å²) < 4.78 is 6.60. The molecule has 90 valence electrons. The van der Waals surface area contributed by atoms with E-state index < -0.39 is 0 Å². The van der Waals surface area contributed by atoms with E-state index in [4.69, 9.17) is 16.3 Å². The zero-order chi connectivity index (χ0) is 10.7. The Bertz CT molecular complexity index is 343. The van der Waals surface area contributed by atoms with Crippen LogP contribution in [0.1, 0.15) is 20.3 Å². The van der Waals surface area contributed by atoms with Crippen molar-refractivity contribution in [3.63, 3.8) is 0 Å². The zero-order valence-electron chi connectivity index (χ0n) is 8.17. The molecule has 5 heteroatoms. The van der Waals surface area contributed by atoms with Crippen LogP contribution in [0.15, 0.2) is 16.7 Å². The maximum Gasteiger partial charge on any atom is 0.232 e. The summed E-state index contributed by atoms with van der Waals surface area (Å²) in [6.07, 6.45) is 3.95. The molecule has 16 heavy (non-hydrogen) atoms. The fourth-order valence-electron chi connectivity index (χ4n) is 1.56. The number of nitrogens with zero attached hydrogens (tertiary/aromatic N) is 1. The lowest BCUT2D eigenvalue weighted by atomic mass is 10.1. The number of pyridine rings is 1. The van der Waals surface area contributed by atoms with Gasteiger partial charge in [-0.15, -0.1) is 0 Å². The molecule has 1 aromatic heterocycles. The van der Waals surface area contributed by atoms with E-state index in [2.05, 4.69) is 26.2 Å². The van der Waals surface area contributed by atoms with Crippen molar-refractivity contribution < 1.29 is 4.74 Å². The molecule has 0 aromatic carbocycles. The van der Waals surface area contributed by atoms with Crippen LogP contribution in [0, 0.1) is 0 Å². The number of ether oxygens (including phenoxy) is 1. The molecule has 1 aromatic rings.